The Balaban J connectivity index is 0.00000144. The lowest BCUT2D eigenvalue weighted by Crippen LogP contribution is -2.57. The zero-order chi connectivity index (χ0) is 14.4. The minimum Gasteiger partial charge on any atom is -0.346 e. The van der Waals surface area contributed by atoms with Gasteiger partial charge in [0.1, 0.15) is 12.0 Å². The van der Waals surface area contributed by atoms with E-state index < -0.39 is 0 Å². The third-order valence-electron chi connectivity index (χ3n) is 4.66. The molecule has 0 unspecified atom stereocenters. The SMILES string of the molecule is Cl.O=C(N[C@H]1CN2CCC1CC2)c1cc2cc(Cl)cn2cn1. The van der Waals surface area contributed by atoms with Gasteiger partial charge in [-0.3, -0.25) is 4.79 Å². The zero-order valence-corrected chi connectivity index (χ0v) is 13.6. The molecule has 0 radical (unpaired) electrons. The Morgan fingerprint density at radius 2 is 2.09 bits per heavy atom. The van der Waals surface area contributed by atoms with Crippen molar-refractivity contribution in [3.8, 4) is 0 Å². The van der Waals surface area contributed by atoms with Gasteiger partial charge in [-0.05, 0) is 44.0 Å². The second kappa shape index (κ2) is 6.07. The Bertz CT molecular complexity index is 694. The summed E-state index contributed by atoms with van der Waals surface area (Å²) in [5.41, 5.74) is 1.34. The van der Waals surface area contributed by atoms with Crippen LogP contribution < -0.4 is 5.32 Å². The molecule has 22 heavy (non-hydrogen) atoms. The van der Waals surface area contributed by atoms with E-state index in [0.29, 0.717) is 16.6 Å². The molecule has 3 fully saturated rings. The number of amides is 1. The van der Waals surface area contributed by atoms with Crippen LogP contribution in [-0.4, -0.2) is 45.9 Å². The maximum Gasteiger partial charge on any atom is 0.270 e. The van der Waals surface area contributed by atoms with Gasteiger partial charge in [0.15, 0.2) is 0 Å². The van der Waals surface area contributed by atoms with Crippen LogP contribution in [0.25, 0.3) is 5.52 Å². The van der Waals surface area contributed by atoms with Gasteiger partial charge < -0.3 is 14.6 Å². The van der Waals surface area contributed by atoms with Crippen molar-refractivity contribution >= 4 is 35.4 Å². The number of hydrogen-bond donors (Lipinski definition) is 1. The Labute approximate surface area is 140 Å². The Hall–Kier alpha value is -1.30. The van der Waals surface area contributed by atoms with Gasteiger partial charge in [-0.15, -0.1) is 12.4 Å². The van der Waals surface area contributed by atoms with Crippen molar-refractivity contribution < 1.29 is 4.79 Å². The van der Waals surface area contributed by atoms with E-state index in [0.717, 1.165) is 12.1 Å². The summed E-state index contributed by atoms with van der Waals surface area (Å²) < 4.78 is 1.81. The zero-order valence-electron chi connectivity index (χ0n) is 12.0. The number of carbonyl (C=O) groups excluding carboxylic acids is 1. The molecule has 0 aromatic carbocycles. The van der Waals surface area contributed by atoms with Crippen LogP contribution in [-0.2, 0) is 0 Å². The van der Waals surface area contributed by atoms with Gasteiger partial charge in [-0.1, -0.05) is 11.6 Å². The first-order valence-electron chi connectivity index (χ1n) is 7.35. The highest BCUT2D eigenvalue weighted by molar-refractivity contribution is 6.31. The quantitative estimate of drug-likeness (QED) is 0.911. The van der Waals surface area contributed by atoms with Gasteiger partial charge in [-0.25, -0.2) is 4.98 Å². The molecule has 0 aliphatic carbocycles. The standard InChI is InChI=1S/C15H17ClN4O.ClH/c16-11-5-12-6-13(17-9-20(12)7-11)15(21)18-14-8-19-3-1-10(14)2-4-19;/h5-7,9-10,14H,1-4,8H2,(H,18,21);1H/t14-;/m0./s1. The maximum atomic E-state index is 12.4. The molecule has 3 aliphatic heterocycles. The van der Waals surface area contributed by atoms with Crippen LogP contribution in [0, 0.1) is 5.92 Å². The number of nitrogens with one attached hydrogen (secondary N) is 1. The molecular formula is C15H18Cl2N4O. The number of fused-ring (bicyclic) bond motifs is 4. The van der Waals surface area contributed by atoms with Gasteiger partial charge in [0.05, 0.1) is 10.5 Å². The average molecular weight is 341 g/mol. The maximum absolute atomic E-state index is 12.4. The van der Waals surface area contributed by atoms with E-state index in [-0.39, 0.29) is 24.4 Å². The number of halogens is 2. The minimum absolute atomic E-state index is 0. The van der Waals surface area contributed by atoms with E-state index in [4.69, 9.17) is 11.6 Å². The lowest BCUT2D eigenvalue weighted by atomic mass is 9.84. The number of aromatic nitrogens is 2. The van der Waals surface area contributed by atoms with Gasteiger partial charge in [0.2, 0.25) is 0 Å². The highest BCUT2D eigenvalue weighted by atomic mass is 35.5. The largest absolute Gasteiger partial charge is 0.346 e. The predicted molar refractivity (Wildman–Crippen MR) is 87.9 cm³/mol. The summed E-state index contributed by atoms with van der Waals surface area (Å²) in [6.45, 7) is 3.31. The molecule has 5 heterocycles. The molecule has 3 aliphatic rings. The highest BCUT2D eigenvalue weighted by Crippen LogP contribution is 2.27. The van der Waals surface area contributed by atoms with Gasteiger partial charge in [0.25, 0.3) is 5.91 Å². The third-order valence-corrected chi connectivity index (χ3v) is 4.86. The molecule has 2 aromatic heterocycles. The summed E-state index contributed by atoms with van der Waals surface area (Å²) in [7, 11) is 0. The molecule has 2 aromatic rings. The van der Waals surface area contributed by atoms with Crippen molar-refractivity contribution in [2.45, 2.75) is 18.9 Å². The Kier molecular flexibility index (Phi) is 4.30. The number of piperidine rings is 3. The first-order chi connectivity index (χ1) is 10.2. The van der Waals surface area contributed by atoms with Crippen molar-refractivity contribution in [2.24, 2.45) is 5.92 Å². The molecule has 0 spiro atoms. The molecule has 5 rings (SSSR count). The minimum atomic E-state index is -0.0893. The summed E-state index contributed by atoms with van der Waals surface area (Å²) in [6, 6.07) is 3.87. The first-order valence-corrected chi connectivity index (χ1v) is 7.73. The smallest absolute Gasteiger partial charge is 0.270 e. The Morgan fingerprint density at radius 1 is 1.32 bits per heavy atom. The highest BCUT2D eigenvalue weighted by Gasteiger charge is 2.35. The van der Waals surface area contributed by atoms with E-state index in [2.05, 4.69) is 15.2 Å². The molecule has 3 saturated heterocycles. The summed E-state index contributed by atoms with van der Waals surface area (Å²) in [4.78, 5) is 19.1. The lowest BCUT2D eigenvalue weighted by Gasteiger charge is -2.44. The van der Waals surface area contributed by atoms with Crippen LogP contribution in [0.4, 0.5) is 0 Å². The van der Waals surface area contributed by atoms with Crippen molar-refractivity contribution in [1.82, 2.24) is 19.6 Å². The van der Waals surface area contributed by atoms with E-state index in [1.165, 1.54) is 25.9 Å². The molecule has 2 bridgehead atoms. The summed E-state index contributed by atoms with van der Waals surface area (Å²) in [6.07, 6.45) is 5.78. The summed E-state index contributed by atoms with van der Waals surface area (Å²) in [5.74, 6) is 0.527. The topological polar surface area (TPSA) is 49.6 Å². The lowest BCUT2D eigenvalue weighted by molar-refractivity contribution is 0.0617. The molecule has 1 N–H and O–H groups in total. The van der Waals surface area contributed by atoms with Crippen LogP contribution >= 0.6 is 24.0 Å². The molecule has 1 atom stereocenters. The predicted octanol–water partition coefficient (Wildman–Crippen LogP) is 2.23. The van der Waals surface area contributed by atoms with Crippen molar-refractivity contribution in [3.05, 3.63) is 35.4 Å². The third kappa shape index (κ3) is 2.81. The summed E-state index contributed by atoms with van der Waals surface area (Å²) in [5, 5.41) is 3.80. The van der Waals surface area contributed by atoms with E-state index in [1.807, 2.05) is 10.5 Å². The fourth-order valence-corrected chi connectivity index (χ4v) is 3.69. The summed E-state index contributed by atoms with van der Waals surface area (Å²) >= 11 is 5.96. The number of carbonyl (C=O) groups is 1. The van der Waals surface area contributed by atoms with Crippen LogP contribution in [0.2, 0.25) is 5.02 Å². The number of nitrogens with zero attached hydrogens (tertiary/aromatic N) is 3. The van der Waals surface area contributed by atoms with Crippen LogP contribution in [0.15, 0.2) is 24.7 Å². The van der Waals surface area contributed by atoms with Gasteiger partial charge in [0, 0.05) is 18.8 Å². The van der Waals surface area contributed by atoms with Crippen molar-refractivity contribution in [3.63, 3.8) is 0 Å². The van der Waals surface area contributed by atoms with Crippen LogP contribution in [0.3, 0.4) is 0 Å². The monoisotopic (exact) mass is 340 g/mol. The van der Waals surface area contributed by atoms with Crippen molar-refractivity contribution in [1.29, 1.82) is 0 Å². The van der Waals surface area contributed by atoms with Crippen LogP contribution in [0.1, 0.15) is 23.3 Å². The molecule has 7 heteroatoms. The molecule has 0 saturated carbocycles. The molecule has 118 valence electrons. The number of rotatable bonds is 2. The Morgan fingerprint density at radius 3 is 2.77 bits per heavy atom. The fraction of sp³-hybridized carbons (Fsp3) is 0.467. The average Bonchev–Trinajstić information content (AvgIpc) is 2.87. The van der Waals surface area contributed by atoms with Gasteiger partial charge >= 0.3 is 0 Å². The van der Waals surface area contributed by atoms with Gasteiger partial charge in [-0.2, -0.15) is 0 Å². The van der Waals surface area contributed by atoms with E-state index in [1.54, 1.807) is 18.6 Å². The van der Waals surface area contributed by atoms with Crippen LogP contribution in [0.5, 0.6) is 0 Å². The van der Waals surface area contributed by atoms with E-state index >= 15 is 0 Å². The second-order valence-corrected chi connectivity index (χ2v) is 6.42. The molecular weight excluding hydrogens is 323 g/mol. The fourth-order valence-electron chi connectivity index (χ4n) is 3.47. The van der Waals surface area contributed by atoms with Crippen molar-refractivity contribution in [2.75, 3.05) is 19.6 Å². The van der Waals surface area contributed by atoms with E-state index in [9.17, 15) is 4.79 Å². The number of hydrogen-bond acceptors (Lipinski definition) is 3. The normalized spacial score (nSPS) is 26.7. The molecule has 5 nitrogen and oxygen atoms in total. The first kappa shape index (κ1) is 15.6. The molecule has 1 amide bonds. The second-order valence-electron chi connectivity index (χ2n) is 5.98.